The van der Waals surface area contributed by atoms with Gasteiger partial charge in [-0.2, -0.15) is 0 Å². The molecule has 7 heteroatoms. The fourth-order valence-corrected chi connectivity index (χ4v) is 1.95. The summed E-state index contributed by atoms with van der Waals surface area (Å²) in [5, 5.41) is 2.56. The standard InChI is InChI=1S/C14H19NO5S/c1-18-7-6-15-13(16)9-20-14(17)11-5-4-10(21-3)8-12(11)19-2/h4-5,8H,6-7,9H2,1-3H3,(H,15,16). The van der Waals surface area contributed by atoms with Crippen LogP contribution in [0.15, 0.2) is 23.1 Å². The first kappa shape index (κ1) is 17.3. The van der Waals surface area contributed by atoms with Gasteiger partial charge in [0.15, 0.2) is 6.61 Å². The van der Waals surface area contributed by atoms with Crippen LogP contribution in [-0.4, -0.2) is 52.1 Å². The molecule has 0 saturated heterocycles. The number of nitrogens with one attached hydrogen (secondary N) is 1. The van der Waals surface area contributed by atoms with Crippen LogP contribution in [0.1, 0.15) is 10.4 Å². The molecular formula is C14H19NO5S. The van der Waals surface area contributed by atoms with Gasteiger partial charge in [0.25, 0.3) is 5.91 Å². The van der Waals surface area contributed by atoms with E-state index in [1.54, 1.807) is 30.0 Å². The first-order valence-corrected chi connectivity index (χ1v) is 7.49. The van der Waals surface area contributed by atoms with E-state index in [9.17, 15) is 9.59 Å². The van der Waals surface area contributed by atoms with Crippen molar-refractivity contribution in [3.63, 3.8) is 0 Å². The van der Waals surface area contributed by atoms with Crippen molar-refractivity contribution in [2.45, 2.75) is 4.90 Å². The summed E-state index contributed by atoms with van der Waals surface area (Å²) < 4.78 is 14.9. The maximum absolute atomic E-state index is 11.9. The van der Waals surface area contributed by atoms with Crippen LogP contribution in [0.3, 0.4) is 0 Å². The second kappa shape index (κ2) is 9.25. The summed E-state index contributed by atoms with van der Waals surface area (Å²) in [5.74, 6) is -0.548. The molecule has 1 aromatic rings. The summed E-state index contributed by atoms with van der Waals surface area (Å²) >= 11 is 1.54. The number of amides is 1. The van der Waals surface area contributed by atoms with E-state index in [1.807, 2.05) is 6.26 Å². The number of methoxy groups -OCH3 is 2. The van der Waals surface area contributed by atoms with E-state index in [0.717, 1.165) is 4.90 Å². The number of ether oxygens (including phenoxy) is 3. The highest BCUT2D eigenvalue weighted by molar-refractivity contribution is 7.98. The maximum Gasteiger partial charge on any atom is 0.342 e. The molecule has 0 aliphatic carbocycles. The average Bonchev–Trinajstić information content (AvgIpc) is 2.52. The molecule has 1 aromatic carbocycles. The van der Waals surface area contributed by atoms with Gasteiger partial charge in [-0.05, 0) is 24.5 Å². The molecule has 0 saturated carbocycles. The molecule has 0 bridgehead atoms. The minimum Gasteiger partial charge on any atom is -0.496 e. The lowest BCUT2D eigenvalue weighted by atomic mass is 10.2. The van der Waals surface area contributed by atoms with Gasteiger partial charge in [-0.3, -0.25) is 4.79 Å². The zero-order valence-electron chi connectivity index (χ0n) is 12.3. The molecule has 0 aliphatic heterocycles. The van der Waals surface area contributed by atoms with Crippen molar-refractivity contribution in [2.24, 2.45) is 0 Å². The van der Waals surface area contributed by atoms with Crippen LogP contribution in [0.2, 0.25) is 0 Å². The Bertz CT molecular complexity index is 492. The molecule has 1 N–H and O–H groups in total. The predicted octanol–water partition coefficient (Wildman–Crippen LogP) is 1.34. The van der Waals surface area contributed by atoms with Gasteiger partial charge in [0, 0.05) is 18.6 Å². The summed E-state index contributed by atoms with van der Waals surface area (Å²) in [6.45, 7) is 0.443. The Morgan fingerprint density at radius 2 is 2.05 bits per heavy atom. The Labute approximate surface area is 128 Å². The minimum absolute atomic E-state index is 0.292. The Morgan fingerprint density at radius 1 is 1.29 bits per heavy atom. The summed E-state index contributed by atoms with van der Waals surface area (Å²) in [7, 11) is 3.02. The van der Waals surface area contributed by atoms with Crippen molar-refractivity contribution in [2.75, 3.05) is 40.2 Å². The van der Waals surface area contributed by atoms with Crippen molar-refractivity contribution in [1.82, 2.24) is 5.32 Å². The number of carbonyl (C=O) groups excluding carboxylic acids is 2. The van der Waals surface area contributed by atoms with Crippen LogP contribution < -0.4 is 10.1 Å². The van der Waals surface area contributed by atoms with Crippen molar-refractivity contribution in [3.05, 3.63) is 23.8 Å². The number of thioether (sulfide) groups is 1. The molecule has 1 amide bonds. The summed E-state index contributed by atoms with van der Waals surface area (Å²) in [5.41, 5.74) is 0.292. The molecule has 0 aromatic heterocycles. The lowest BCUT2D eigenvalue weighted by Gasteiger charge is -2.10. The average molecular weight is 313 g/mol. The second-order valence-electron chi connectivity index (χ2n) is 3.99. The third-order valence-electron chi connectivity index (χ3n) is 2.59. The zero-order chi connectivity index (χ0) is 15.7. The molecule has 0 aliphatic rings. The van der Waals surface area contributed by atoms with Crippen LogP contribution in [-0.2, 0) is 14.3 Å². The molecule has 6 nitrogen and oxygen atoms in total. The molecule has 21 heavy (non-hydrogen) atoms. The lowest BCUT2D eigenvalue weighted by molar-refractivity contribution is -0.124. The first-order valence-electron chi connectivity index (χ1n) is 6.27. The first-order chi connectivity index (χ1) is 10.1. The Kier molecular flexibility index (Phi) is 7.63. The van der Waals surface area contributed by atoms with E-state index in [0.29, 0.717) is 24.5 Å². The minimum atomic E-state index is -0.596. The Balaban J connectivity index is 2.57. The molecule has 1 rings (SSSR count). The van der Waals surface area contributed by atoms with E-state index in [4.69, 9.17) is 14.2 Å². The largest absolute Gasteiger partial charge is 0.496 e. The van der Waals surface area contributed by atoms with E-state index < -0.39 is 5.97 Å². The fourth-order valence-electron chi connectivity index (χ4n) is 1.52. The molecular weight excluding hydrogens is 294 g/mol. The summed E-state index contributed by atoms with van der Waals surface area (Å²) in [4.78, 5) is 24.3. The van der Waals surface area contributed by atoms with Crippen molar-refractivity contribution >= 4 is 23.6 Å². The van der Waals surface area contributed by atoms with Crippen LogP contribution in [0.25, 0.3) is 0 Å². The number of hydrogen-bond acceptors (Lipinski definition) is 6. The van der Waals surface area contributed by atoms with Gasteiger partial charge >= 0.3 is 5.97 Å². The van der Waals surface area contributed by atoms with Crippen LogP contribution in [0.4, 0.5) is 0 Å². The maximum atomic E-state index is 11.9. The smallest absolute Gasteiger partial charge is 0.342 e. The number of esters is 1. The third kappa shape index (κ3) is 5.65. The molecule has 0 radical (unpaired) electrons. The molecule has 0 fully saturated rings. The van der Waals surface area contributed by atoms with Gasteiger partial charge in [0.1, 0.15) is 11.3 Å². The lowest BCUT2D eigenvalue weighted by Crippen LogP contribution is -2.31. The van der Waals surface area contributed by atoms with Crippen molar-refractivity contribution in [1.29, 1.82) is 0 Å². The van der Waals surface area contributed by atoms with Gasteiger partial charge < -0.3 is 19.5 Å². The Morgan fingerprint density at radius 3 is 2.67 bits per heavy atom. The van der Waals surface area contributed by atoms with Gasteiger partial charge in [0.2, 0.25) is 0 Å². The molecule has 116 valence electrons. The molecule has 0 atom stereocenters. The number of carbonyl (C=O) groups is 2. The highest BCUT2D eigenvalue weighted by atomic mass is 32.2. The van der Waals surface area contributed by atoms with E-state index in [-0.39, 0.29) is 12.5 Å². The quantitative estimate of drug-likeness (QED) is 0.443. The fraction of sp³-hybridized carbons (Fsp3) is 0.429. The Hall–Kier alpha value is -1.73. The normalized spacial score (nSPS) is 10.0. The van der Waals surface area contributed by atoms with Crippen molar-refractivity contribution in [3.8, 4) is 5.75 Å². The van der Waals surface area contributed by atoms with Gasteiger partial charge in [-0.1, -0.05) is 0 Å². The SMILES string of the molecule is COCCNC(=O)COC(=O)c1ccc(SC)cc1OC. The monoisotopic (exact) mass is 313 g/mol. The number of benzene rings is 1. The van der Waals surface area contributed by atoms with E-state index in [1.165, 1.54) is 14.2 Å². The van der Waals surface area contributed by atoms with Crippen molar-refractivity contribution < 1.29 is 23.8 Å². The molecule has 0 heterocycles. The topological polar surface area (TPSA) is 73.9 Å². The van der Waals surface area contributed by atoms with Gasteiger partial charge in [-0.15, -0.1) is 11.8 Å². The molecule has 0 spiro atoms. The van der Waals surface area contributed by atoms with Crippen LogP contribution in [0.5, 0.6) is 5.75 Å². The number of rotatable bonds is 8. The van der Waals surface area contributed by atoms with E-state index >= 15 is 0 Å². The third-order valence-corrected chi connectivity index (χ3v) is 3.32. The highest BCUT2D eigenvalue weighted by Crippen LogP contribution is 2.25. The molecule has 0 unspecified atom stereocenters. The predicted molar refractivity (Wildman–Crippen MR) is 79.9 cm³/mol. The van der Waals surface area contributed by atoms with Crippen LogP contribution in [0, 0.1) is 0 Å². The summed E-state index contributed by atoms with van der Waals surface area (Å²) in [6, 6.07) is 5.16. The number of hydrogen-bond donors (Lipinski definition) is 1. The second-order valence-corrected chi connectivity index (χ2v) is 4.86. The van der Waals surface area contributed by atoms with E-state index in [2.05, 4.69) is 5.32 Å². The van der Waals surface area contributed by atoms with Crippen LogP contribution >= 0.6 is 11.8 Å². The zero-order valence-corrected chi connectivity index (χ0v) is 13.1. The van der Waals surface area contributed by atoms with Gasteiger partial charge in [0.05, 0.1) is 13.7 Å². The van der Waals surface area contributed by atoms with Gasteiger partial charge in [-0.25, -0.2) is 4.79 Å². The summed E-state index contributed by atoms with van der Waals surface area (Å²) in [6.07, 6.45) is 1.93. The highest BCUT2D eigenvalue weighted by Gasteiger charge is 2.15.